The number of rotatable bonds is 2. The van der Waals surface area contributed by atoms with Gasteiger partial charge in [-0.1, -0.05) is 0 Å². The lowest BCUT2D eigenvalue weighted by molar-refractivity contribution is 0.0695. The van der Waals surface area contributed by atoms with Gasteiger partial charge in [0.2, 0.25) is 0 Å². The average Bonchev–Trinajstić information content (AvgIpc) is 2.10. The van der Waals surface area contributed by atoms with E-state index in [0.29, 0.717) is 16.7 Å². The van der Waals surface area contributed by atoms with Gasteiger partial charge < -0.3 is 10.2 Å². The zero-order chi connectivity index (χ0) is 11.7. The van der Waals surface area contributed by atoms with E-state index in [4.69, 9.17) is 10.2 Å². The molecule has 0 atom stereocenters. The van der Waals surface area contributed by atoms with Gasteiger partial charge in [-0.25, -0.2) is 9.59 Å². The third kappa shape index (κ3) is 1.83. The average molecular weight is 208 g/mol. The lowest BCUT2D eigenvalue weighted by Crippen LogP contribution is -2.10. The van der Waals surface area contributed by atoms with Crippen molar-refractivity contribution < 1.29 is 19.8 Å². The first-order chi connectivity index (χ1) is 6.86. The molecule has 15 heavy (non-hydrogen) atoms. The Kier molecular flexibility index (Phi) is 2.79. The van der Waals surface area contributed by atoms with Crippen LogP contribution >= 0.6 is 0 Å². The molecule has 4 nitrogen and oxygen atoms in total. The SMILES string of the molecule is Cc1cc(C(=O)O)c(C)c(C(=O)O)c1C. The van der Waals surface area contributed by atoms with Crippen LogP contribution in [0, 0.1) is 20.8 Å². The highest BCUT2D eigenvalue weighted by atomic mass is 16.4. The van der Waals surface area contributed by atoms with Gasteiger partial charge in [-0.3, -0.25) is 0 Å². The van der Waals surface area contributed by atoms with Crippen molar-refractivity contribution in [3.8, 4) is 0 Å². The highest BCUT2D eigenvalue weighted by Crippen LogP contribution is 2.22. The molecule has 0 aromatic heterocycles. The third-order valence-electron chi connectivity index (χ3n) is 2.55. The van der Waals surface area contributed by atoms with Gasteiger partial charge in [0.15, 0.2) is 0 Å². The van der Waals surface area contributed by atoms with Crippen LogP contribution in [0.3, 0.4) is 0 Å². The second kappa shape index (κ2) is 3.73. The quantitative estimate of drug-likeness (QED) is 0.779. The first-order valence-electron chi connectivity index (χ1n) is 4.43. The molecule has 0 fully saturated rings. The van der Waals surface area contributed by atoms with Gasteiger partial charge in [-0.15, -0.1) is 0 Å². The van der Waals surface area contributed by atoms with Crippen molar-refractivity contribution in [3.05, 3.63) is 33.9 Å². The van der Waals surface area contributed by atoms with Crippen LogP contribution in [0.25, 0.3) is 0 Å². The smallest absolute Gasteiger partial charge is 0.336 e. The van der Waals surface area contributed by atoms with Gasteiger partial charge in [0.25, 0.3) is 0 Å². The summed E-state index contributed by atoms with van der Waals surface area (Å²) in [4.78, 5) is 21.8. The summed E-state index contributed by atoms with van der Waals surface area (Å²) >= 11 is 0. The predicted molar refractivity (Wildman–Crippen MR) is 54.6 cm³/mol. The van der Waals surface area contributed by atoms with E-state index < -0.39 is 11.9 Å². The van der Waals surface area contributed by atoms with E-state index in [1.165, 1.54) is 13.0 Å². The van der Waals surface area contributed by atoms with Gasteiger partial charge in [0.05, 0.1) is 11.1 Å². The normalized spacial score (nSPS) is 10.1. The van der Waals surface area contributed by atoms with Crippen LogP contribution in [0.4, 0.5) is 0 Å². The van der Waals surface area contributed by atoms with Crippen LogP contribution in [-0.4, -0.2) is 22.2 Å². The number of hydrogen-bond donors (Lipinski definition) is 2. The maximum absolute atomic E-state index is 11.0. The molecule has 0 aliphatic heterocycles. The lowest BCUT2D eigenvalue weighted by Gasteiger charge is -2.11. The topological polar surface area (TPSA) is 74.6 Å². The molecule has 80 valence electrons. The summed E-state index contributed by atoms with van der Waals surface area (Å²) in [6.07, 6.45) is 0. The molecule has 0 heterocycles. The fourth-order valence-corrected chi connectivity index (χ4v) is 1.59. The van der Waals surface area contributed by atoms with Crippen LogP contribution in [0.15, 0.2) is 6.07 Å². The summed E-state index contributed by atoms with van der Waals surface area (Å²) in [6, 6.07) is 1.50. The van der Waals surface area contributed by atoms with Crippen molar-refractivity contribution in [2.24, 2.45) is 0 Å². The summed E-state index contributed by atoms with van der Waals surface area (Å²) in [5.74, 6) is -2.19. The van der Waals surface area contributed by atoms with Gasteiger partial charge in [0.1, 0.15) is 0 Å². The molecule has 1 rings (SSSR count). The molecule has 0 spiro atoms. The Morgan fingerprint density at radius 1 is 1.00 bits per heavy atom. The predicted octanol–water partition coefficient (Wildman–Crippen LogP) is 2.01. The zero-order valence-electron chi connectivity index (χ0n) is 8.79. The fourth-order valence-electron chi connectivity index (χ4n) is 1.59. The van der Waals surface area contributed by atoms with Crippen molar-refractivity contribution >= 4 is 11.9 Å². The molecule has 0 saturated carbocycles. The van der Waals surface area contributed by atoms with Crippen LogP contribution in [0.1, 0.15) is 37.4 Å². The molecule has 1 aromatic rings. The van der Waals surface area contributed by atoms with E-state index in [-0.39, 0.29) is 11.1 Å². The molecule has 0 saturated heterocycles. The van der Waals surface area contributed by atoms with E-state index >= 15 is 0 Å². The molecule has 0 radical (unpaired) electrons. The Morgan fingerprint density at radius 2 is 1.53 bits per heavy atom. The van der Waals surface area contributed by atoms with Crippen LogP contribution in [0.5, 0.6) is 0 Å². The van der Waals surface area contributed by atoms with E-state index in [9.17, 15) is 9.59 Å². The maximum atomic E-state index is 11.0. The van der Waals surface area contributed by atoms with Crippen molar-refractivity contribution in [3.63, 3.8) is 0 Å². The summed E-state index contributed by atoms with van der Waals surface area (Å²) in [6.45, 7) is 4.89. The summed E-state index contributed by atoms with van der Waals surface area (Å²) in [7, 11) is 0. The Bertz CT molecular complexity index is 446. The number of aromatic carboxylic acids is 2. The molecule has 0 amide bonds. The van der Waals surface area contributed by atoms with Crippen molar-refractivity contribution in [1.82, 2.24) is 0 Å². The molecule has 0 bridgehead atoms. The standard InChI is InChI=1S/C11H12O4/c1-5-4-8(10(12)13)7(3)9(6(5)2)11(14)15/h4H,1-3H3,(H,12,13)(H,14,15). The number of aryl methyl sites for hydroxylation is 1. The van der Waals surface area contributed by atoms with Crippen molar-refractivity contribution in [2.45, 2.75) is 20.8 Å². The second-order valence-electron chi connectivity index (χ2n) is 3.48. The van der Waals surface area contributed by atoms with Gasteiger partial charge >= 0.3 is 11.9 Å². The molecular formula is C11H12O4. The minimum absolute atomic E-state index is 0.0514. The van der Waals surface area contributed by atoms with E-state index in [2.05, 4.69) is 0 Å². The first kappa shape index (κ1) is 11.2. The number of carbonyl (C=O) groups is 2. The van der Waals surface area contributed by atoms with Gasteiger partial charge in [-0.05, 0) is 43.5 Å². The Morgan fingerprint density at radius 3 is 1.93 bits per heavy atom. The van der Waals surface area contributed by atoms with E-state index in [1.54, 1.807) is 13.8 Å². The minimum Gasteiger partial charge on any atom is -0.478 e. The monoisotopic (exact) mass is 208 g/mol. The van der Waals surface area contributed by atoms with Gasteiger partial charge in [0, 0.05) is 0 Å². The number of benzene rings is 1. The molecule has 4 heteroatoms. The highest BCUT2D eigenvalue weighted by Gasteiger charge is 2.19. The Labute approximate surface area is 87.2 Å². The van der Waals surface area contributed by atoms with Crippen LogP contribution in [0.2, 0.25) is 0 Å². The third-order valence-corrected chi connectivity index (χ3v) is 2.55. The lowest BCUT2D eigenvalue weighted by atomic mass is 9.94. The van der Waals surface area contributed by atoms with Crippen LogP contribution in [-0.2, 0) is 0 Å². The molecular weight excluding hydrogens is 196 g/mol. The summed E-state index contributed by atoms with van der Waals surface area (Å²) in [5.41, 5.74) is 1.74. The van der Waals surface area contributed by atoms with E-state index in [1.807, 2.05) is 0 Å². The largest absolute Gasteiger partial charge is 0.478 e. The van der Waals surface area contributed by atoms with Crippen LogP contribution < -0.4 is 0 Å². The fraction of sp³-hybridized carbons (Fsp3) is 0.273. The number of carboxylic acids is 2. The number of hydrogen-bond acceptors (Lipinski definition) is 2. The second-order valence-corrected chi connectivity index (χ2v) is 3.48. The molecule has 0 unspecified atom stereocenters. The zero-order valence-corrected chi connectivity index (χ0v) is 8.79. The minimum atomic E-state index is -1.10. The Balaban J connectivity index is 3.63. The molecule has 2 N–H and O–H groups in total. The highest BCUT2D eigenvalue weighted by molar-refractivity contribution is 5.98. The summed E-state index contributed by atoms with van der Waals surface area (Å²) < 4.78 is 0. The van der Waals surface area contributed by atoms with Gasteiger partial charge in [-0.2, -0.15) is 0 Å². The Hall–Kier alpha value is -1.84. The van der Waals surface area contributed by atoms with Crippen molar-refractivity contribution in [1.29, 1.82) is 0 Å². The first-order valence-corrected chi connectivity index (χ1v) is 4.43. The maximum Gasteiger partial charge on any atom is 0.336 e. The molecule has 1 aromatic carbocycles. The van der Waals surface area contributed by atoms with Crippen molar-refractivity contribution in [2.75, 3.05) is 0 Å². The number of carboxylic acid groups (broad SMARTS) is 2. The van der Waals surface area contributed by atoms with E-state index in [0.717, 1.165) is 0 Å². The molecule has 0 aliphatic rings. The summed E-state index contributed by atoms with van der Waals surface area (Å²) in [5, 5.41) is 17.9. The molecule has 0 aliphatic carbocycles.